The number of esters is 1. The molecule has 1 heterocycles. The van der Waals surface area contributed by atoms with Gasteiger partial charge in [-0.05, 0) is 89.7 Å². The Balaban J connectivity index is 1.42. The maximum atomic E-state index is 15.3. The van der Waals surface area contributed by atoms with Crippen molar-refractivity contribution in [3.63, 3.8) is 0 Å². The van der Waals surface area contributed by atoms with Gasteiger partial charge in [0, 0.05) is 17.8 Å². The van der Waals surface area contributed by atoms with Gasteiger partial charge in [0.1, 0.15) is 24.1 Å². The second kappa shape index (κ2) is 11.7. The molecule has 41 heavy (non-hydrogen) atoms. The summed E-state index contributed by atoms with van der Waals surface area (Å²) < 4.78 is 27.8. The van der Waals surface area contributed by atoms with E-state index in [1.165, 1.54) is 11.6 Å². The molecule has 1 aromatic heterocycles. The largest absolute Gasteiger partial charge is 0.461 e. The van der Waals surface area contributed by atoms with Crippen molar-refractivity contribution in [1.82, 2.24) is 15.1 Å². The number of anilines is 1. The summed E-state index contributed by atoms with van der Waals surface area (Å²) in [6, 6.07) is 2.98. The number of carbonyl (C=O) groups is 3. The number of fused-ring (bicyclic) bond motifs is 1. The predicted molar refractivity (Wildman–Crippen MR) is 153 cm³/mol. The van der Waals surface area contributed by atoms with Gasteiger partial charge in [-0.25, -0.2) is 13.9 Å². The molecule has 2 aliphatic carbocycles. The minimum absolute atomic E-state index is 0.0789. The van der Waals surface area contributed by atoms with Crippen LogP contribution in [0.4, 0.5) is 14.9 Å². The number of ether oxygens (including phenoxy) is 2. The molecule has 4 rings (SSSR count). The lowest BCUT2D eigenvalue weighted by atomic mass is 9.76. The molecule has 1 fully saturated rings. The summed E-state index contributed by atoms with van der Waals surface area (Å²) in [5.74, 6) is -2.09. The number of halogens is 1. The first-order valence-corrected chi connectivity index (χ1v) is 14.3. The Bertz CT molecular complexity index is 1320. The van der Waals surface area contributed by atoms with Crippen LogP contribution in [0.25, 0.3) is 5.69 Å². The van der Waals surface area contributed by atoms with Crippen molar-refractivity contribution in [3.8, 4) is 5.69 Å². The molecule has 0 radical (unpaired) electrons. The van der Waals surface area contributed by atoms with Gasteiger partial charge in [0.05, 0.1) is 22.6 Å². The number of nitrogens with one attached hydrogen (secondary N) is 2. The number of nitrogens with two attached hydrogens (primary N) is 1. The number of benzene rings is 1. The van der Waals surface area contributed by atoms with E-state index in [9.17, 15) is 14.4 Å². The van der Waals surface area contributed by atoms with E-state index in [-0.39, 0.29) is 29.7 Å². The molecular weight excluding hydrogens is 529 g/mol. The highest BCUT2D eigenvalue weighted by Crippen LogP contribution is 2.38. The van der Waals surface area contributed by atoms with E-state index in [2.05, 4.69) is 24.5 Å². The molecule has 0 saturated heterocycles. The van der Waals surface area contributed by atoms with Crippen LogP contribution in [0.1, 0.15) is 94.0 Å². The highest BCUT2D eigenvalue weighted by atomic mass is 19.1. The highest BCUT2D eigenvalue weighted by Gasteiger charge is 2.31. The van der Waals surface area contributed by atoms with E-state index in [1.54, 1.807) is 31.5 Å². The molecule has 10 nitrogen and oxygen atoms in total. The van der Waals surface area contributed by atoms with Gasteiger partial charge >= 0.3 is 12.1 Å². The van der Waals surface area contributed by atoms with Crippen LogP contribution in [0.15, 0.2) is 12.1 Å². The number of amides is 2. The first-order chi connectivity index (χ1) is 19.1. The molecule has 0 unspecified atom stereocenters. The zero-order chi connectivity index (χ0) is 30.1. The van der Waals surface area contributed by atoms with Crippen LogP contribution in [-0.4, -0.2) is 52.0 Å². The zero-order valence-corrected chi connectivity index (χ0v) is 24.9. The summed E-state index contributed by atoms with van der Waals surface area (Å²) in [5, 5.41) is 10.5. The predicted octanol–water partition coefficient (Wildman–Crippen LogP) is 4.72. The average molecular weight is 572 g/mol. The van der Waals surface area contributed by atoms with E-state index in [1.807, 2.05) is 6.92 Å². The van der Waals surface area contributed by atoms with Gasteiger partial charge in [-0.15, -0.1) is 0 Å². The standard InChI is InChI=1S/C30H42FN5O5/c1-17-21-11-12-30(5,6)15-24(21)36(35-17)19-13-22(31)26(27(32)38)23(14-19)34-18-7-9-20(10-8-18)40-25(37)16-33-28(39)41-29(2,3)4/h13-14,18,20,34H,7-12,15-16H2,1-6H3,(H2,32,38)(H,33,39)/t18-,20-. The van der Waals surface area contributed by atoms with E-state index in [0.717, 1.165) is 30.7 Å². The summed E-state index contributed by atoms with van der Waals surface area (Å²) in [7, 11) is 0. The van der Waals surface area contributed by atoms with Crippen molar-refractivity contribution in [1.29, 1.82) is 0 Å². The Morgan fingerprint density at radius 2 is 1.85 bits per heavy atom. The van der Waals surface area contributed by atoms with Gasteiger partial charge in [-0.2, -0.15) is 5.10 Å². The van der Waals surface area contributed by atoms with Crippen LogP contribution >= 0.6 is 0 Å². The fourth-order valence-corrected chi connectivity index (χ4v) is 5.64. The second-order valence-electron chi connectivity index (χ2n) is 12.9. The minimum atomic E-state index is -0.850. The topological polar surface area (TPSA) is 138 Å². The molecule has 0 atom stereocenters. The van der Waals surface area contributed by atoms with Crippen LogP contribution < -0.4 is 16.4 Å². The van der Waals surface area contributed by atoms with Crippen LogP contribution in [0.3, 0.4) is 0 Å². The third-order valence-electron chi connectivity index (χ3n) is 7.66. The Kier molecular flexibility index (Phi) is 8.65. The Labute approximate surface area is 240 Å². The third kappa shape index (κ3) is 7.56. The fraction of sp³-hybridized carbons (Fsp3) is 0.600. The number of rotatable bonds is 7. The molecule has 4 N–H and O–H groups in total. The molecule has 0 spiro atoms. The smallest absolute Gasteiger partial charge is 0.408 e. The number of hydrogen-bond donors (Lipinski definition) is 3. The number of aromatic nitrogens is 2. The van der Waals surface area contributed by atoms with Crippen LogP contribution in [0, 0.1) is 18.2 Å². The van der Waals surface area contributed by atoms with Crippen LogP contribution in [-0.2, 0) is 27.1 Å². The number of primary amides is 1. The molecule has 11 heteroatoms. The molecule has 2 amide bonds. The van der Waals surface area contributed by atoms with E-state index in [0.29, 0.717) is 37.1 Å². The van der Waals surface area contributed by atoms with Crippen molar-refractivity contribution in [2.75, 3.05) is 11.9 Å². The number of carbonyl (C=O) groups excluding carboxylic acids is 3. The van der Waals surface area contributed by atoms with Crippen molar-refractivity contribution in [2.45, 2.75) is 104 Å². The van der Waals surface area contributed by atoms with E-state index < -0.39 is 29.4 Å². The molecule has 0 bridgehead atoms. The van der Waals surface area contributed by atoms with E-state index >= 15 is 4.39 Å². The summed E-state index contributed by atoms with van der Waals surface area (Å²) >= 11 is 0. The molecular formula is C30H42FN5O5. The van der Waals surface area contributed by atoms with Crippen LogP contribution in [0.5, 0.6) is 0 Å². The SMILES string of the molecule is Cc1nn(-c2cc(F)c(C(N)=O)c(N[C@H]3CC[C@H](OC(=O)CNC(=O)OC(C)(C)C)CC3)c2)c2c1CCC(C)(C)C2. The number of alkyl carbamates (subject to hydrolysis) is 1. The molecule has 224 valence electrons. The quantitative estimate of drug-likeness (QED) is 0.409. The number of aryl methyl sites for hydroxylation is 1. The van der Waals surface area contributed by atoms with Gasteiger partial charge in [0.2, 0.25) is 0 Å². The summed E-state index contributed by atoms with van der Waals surface area (Å²) in [6.45, 7) is 11.3. The number of nitrogens with zero attached hydrogens (tertiary/aromatic N) is 2. The maximum absolute atomic E-state index is 15.3. The summed E-state index contributed by atoms with van der Waals surface area (Å²) in [4.78, 5) is 36.2. The van der Waals surface area contributed by atoms with E-state index in [4.69, 9.17) is 20.3 Å². The van der Waals surface area contributed by atoms with Gasteiger partial charge < -0.3 is 25.8 Å². The lowest BCUT2D eigenvalue weighted by molar-refractivity contribution is -0.149. The zero-order valence-electron chi connectivity index (χ0n) is 24.9. The molecule has 1 saturated carbocycles. The Hall–Kier alpha value is -3.63. The molecule has 2 aliphatic rings. The monoisotopic (exact) mass is 571 g/mol. The summed E-state index contributed by atoms with van der Waals surface area (Å²) in [5.41, 5.74) is 8.91. The van der Waals surface area contributed by atoms with Gasteiger partial charge in [0.25, 0.3) is 5.91 Å². The summed E-state index contributed by atoms with van der Waals surface area (Å²) in [6.07, 6.45) is 4.23. The van der Waals surface area contributed by atoms with Crippen molar-refractivity contribution in [3.05, 3.63) is 40.5 Å². The van der Waals surface area contributed by atoms with Crippen molar-refractivity contribution in [2.24, 2.45) is 11.1 Å². The highest BCUT2D eigenvalue weighted by molar-refractivity contribution is 5.99. The first kappa shape index (κ1) is 30.3. The lowest BCUT2D eigenvalue weighted by Crippen LogP contribution is -2.38. The average Bonchev–Trinajstić information content (AvgIpc) is 3.16. The van der Waals surface area contributed by atoms with Crippen molar-refractivity contribution < 1.29 is 28.2 Å². The molecule has 1 aromatic carbocycles. The number of hydrogen-bond acceptors (Lipinski definition) is 7. The fourth-order valence-electron chi connectivity index (χ4n) is 5.64. The normalized spacial score (nSPS) is 20.1. The molecule has 2 aromatic rings. The van der Waals surface area contributed by atoms with Gasteiger partial charge in [-0.3, -0.25) is 9.59 Å². The molecule has 0 aliphatic heterocycles. The first-order valence-electron chi connectivity index (χ1n) is 14.3. The third-order valence-corrected chi connectivity index (χ3v) is 7.66. The van der Waals surface area contributed by atoms with Crippen LogP contribution in [0.2, 0.25) is 0 Å². The minimum Gasteiger partial charge on any atom is -0.461 e. The Morgan fingerprint density at radius 1 is 1.17 bits per heavy atom. The van der Waals surface area contributed by atoms with Crippen molar-refractivity contribution >= 4 is 23.7 Å². The van der Waals surface area contributed by atoms with Gasteiger partial charge in [-0.1, -0.05) is 13.8 Å². The lowest BCUT2D eigenvalue weighted by Gasteiger charge is -2.31. The second-order valence-corrected chi connectivity index (χ2v) is 12.9. The Morgan fingerprint density at radius 3 is 2.49 bits per heavy atom. The van der Waals surface area contributed by atoms with Gasteiger partial charge in [0.15, 0.2) is 0 Å². The maximum Gasteiger partial charge on any atom is 0.408 e.